The van der Waals surface area contributed by atoms with Crippen LogP contribution in [0.2, 0.25) is 0 Å². The third-order valence-electron chi connectivity index (χ3n) is 5.23. The van der Waals surface area contributed by atoms with Crippen LogP contribution < -0.4 is 15.1 Å². The predicted molar refractivity (Wildman–Crippen MR) is 122 cm³/mol. The molecule has 1 amide bonds. The second-order valence-corrected chi connectivity index (χ2v) is 9.90. The first-order valence-electron chi connectivity index (χ1n) is 10.2. The van der Waals surface area contributed by atoms with Crippen LogP contribution >= 0.6 is 11.3 Å². The van der Waals surface area contributed by atoms with Gasteiger partial charge in [0.05, 0.1) is 29.5 Å². The zero-order chi connectivity index (χ0) is 22.6. The molecule has 1 aliphatic heterocycles. The van der Waals surface area contributed by atoms with Crippen LogP contribution in [0.25, 0.3) is 0 Å². The van der Waals surface area contributed by atoms with Crippen molar-refractivity contribution in [2.24, 2.45) is 0 Å². The summed E-state index contributed by atoms with van der Waals surface area (Å²) in [4.78, 5) is 26.6. The number of thiazole rings is 1. The van der Waals surface area contributed by atoms with Gasteiger partial charge in [-0.2, -0.15) is 4.31 Å². The molecule has 0 aliphatic carbocycles. The highest BCUT2D eigenvalue weighted by molar-refractivity contribution is 7.89. The van der Waals surface area contributed by atoms with Gasteiger partial charge < -0.3 is 15.0 Å². The van der Waals surface area contributed by atoms with E-state index in [9.17, 15) is 18.0 Å². The van der Waals surface area contributed by atoms with Gasteiger partial charge in [-0.15, -0.1) is 0 Å². The molecular formula is C20H28N4O5S2. The molecule has 1 saturated heterocycles. The summed E-state index contributed by atoms with van der Waals surface area (Å²) in [5, 5.41) is 4.53. The molecule has 0 bridgehead atoms. The summed E-state index contributed by atoms with van der Waals surface area (Å²) in [6.07, 6.45) is 0. The Balaban J connectivity index is 1.94. The van der Waals surface area contributed by atoms with Crippen LogP contribution in [0, 0.1) is 6.92 Å². The first-order chi connectivity index (χ1) is 14.8. The Morgan fingerprint density at radius 3 is 2.48 bits per heavy atom. The summed E-state index contributed by atoms with van der Waals surface area (Å²) < 4.78 is 34.2. The van der Waals surface area contributed by atoms with Gasteiger partial charge in [0.2, 0.25) is 15.9 Å². The van der Waals surface area contributed by atoms with E-state index in [0.717, 1.165) is 17.0 Å². The number of nitrogens with zero attached hydrogens (tertiary/aromatic N) is 3. The van der Waals surface area contributed by atoms with Crippen LogP contribution in [0.5, 0.6) is 0 Å². The minimum atomic E-state index is -3.71. The van der Waals surface area contributed by atoms with Crippen molar-refractivity contribution in [2.45, 2.75) is 32.2 Å². The van der Waals surface area contributed by atoms with Crippen molar-refractivity contribution >= 4 is 38.6 Å². The fraction of sp³-hybridized carbons (Fsp3) is 0.500. The van der Waals surface area contributed by atoms with Crippen molar-refractivity contribution in [2.75, 3.05) is 49.6 Å². The number of carbonyl (C=O) groups excluding carboxylic acids is 1. The molecule has 11 heteroatoms. The molecule has 0 radical (unpaired) electrons. The van der Waals surface area contributed by atoms with E-state index < -0.39 is 15.9 Å². The standard InChI is InChI=1S/C20H28N4O5S2/c1-4-22(5-2)18-7-6-16(31(27,28)23-8-10-29-11-9-23)12-17(18)21-19(25)13-24-15(3)14-30-20(24)26/h6-7,12,14H,4-5,8-11,13H2,1-3H3,(H,21,25). The number of nitrogens with one attached hydrogen (secondary N) is 1. The molecule has 1 N–H and O–H groups in total. The molecule has 170 valence electrons. The number of aryl methyl sites for hydroxylation is 1. The minimum Gasteiger partial charge on any atom is -0.379 e. The summed E-state index contributed by atoms with van der Waals surface area (Å²) in [5.74, 6) is -0.391. The summed E-state index contributed by atoms with van der Waals surface area (Å²) >= 11 is 1.04. The first kappa shape index (κ1) is 23.5. The van der Waals surface area contributed by atoms with Crippen LogP contribution in [-0.2, 0) is 26.1 Å². The van der Waals surface area contributed by atoms with Gasteiger partial charge in [-0.25, -0.2) is 8.42 Å². The van der Waals surface area contributed by atoms with Crippen LogP contribution in [0.1, 0.15) is 19.5 Å². The maximum Gasteiger partial charge on any atom is 0.307 e. The van der Waals surface area contributed by atoms with Gasteiger partial charge in [-0.1, -0.05) is 11.3 Å². The van der Waals surface area contributed by atoms with Crippen LogP contribution in [0.3, 0.4) is 0 Å². The highest BCUT2D eigenvalue weighted by Crippen LogP contribution is 2.30. The number of hydrogen-bond donors (Lipinski definition) is 1. The Bertz CT molecular complexity index is 1080. The molecule has 0 unspecified atom stereocenters. The summed E-state index contributed by atoms with van der Waals surface area (Å²) in [5.41, 5.74) is 1.84. The number of aromatic nitrogens is 1. The SMILES string of the molecule is CCN(CC)c1ccc(S(=O)(=O)N2CCOCC2)cc1NC(=O)Cn1c(C)csc1=O. The number of rotatable bonds is 8. The van der Waals surface area contributed by atoms with Crippen molar-refractivity contribution in [3.63, 3.8) is 0 Å². The highest BCUT2D eigenvalue weighted by Gasteiger charge is 2.27. The lowest BCUT2D eigenvalue weighted by atomic mass is 10.2. The molecule has 2 aromatic rings. The number of sulfonamides is 1. The Hall–Kier alpha value is -2.21. The maximum atomic E-state index is 13.1. The fourth-order valence-corrected chi connectivity index (χ4v) is 5.65. The van der Waals surface area contributed by atoms with Crippen molar-refractivity contribution in [3.05, 3.63) is 38.9 Å². The zero-order valence-electron chi connectivity index (χ0n) is 18.0. The quantitative estimate of drug-likeness (QED) is 0.633. The van der Waals surface area contributed by atoms with E-state index in [1.807, 2.05) is 18.7 Å². The van der Waals surface area contributed by atoms with E-state index in [4.69, 9.17) is 4.74 Å². The lowest BCUT2D eigenvalue weighted by molar-refractivity contribution is -0.116. The van der Waals surface area contributed by atoms with Gasteiger partial charge in [-0.05, 0) is 39.0 Å². The molecule has 1 aromatic heterocycles. The van der Waals surface area contributed by atoms with E-state index in [-0.39, 0.29) is 16.3 Å². The number of amides is 1. The lowest BCUT2D eigenvalue weighted by Crippen LogP contribution is -2.40. The number of carbonyl (C=O) groups is 1. The predicted octanol–water partition coefficient (Wildman–Crippen LogP) is 1.72. The monoisotopic (exact) mass is 468 g/mol. The number of morpholine rings is 1. The van der Waals surface area contributed by atoms with Gasteiger partial charge in [-0.3, -0.25) is 14.2 Å². The van der Waals surface area contributed by atoms with E-state index in [0.29, 0.717) is 50.8 Å². The largest absolute Gasteiger partial charge is 0.379 e. The van der Waals surface area contributed by atoms with Crippen LogP contribution in [-0.4, -0.2) is 62.6 Å². The molecule has 3 rings (SSSR count). The number of hydrogen-bond acceptors (Lipinski definition) is 7. The molecule has 1 fully saturated rings. The average Bonchev–Trinajstić information content (AvgIpc) is 3.08. The molecule has 31 heavy (non-hydrogen) atoms. The maximum absolute atomic E-state index is 13.1. The van der Waals surface area contributed by atoms with Crippen molar-refractivity contribution in [1.82, 2.24) is 8.87 Å². The summed E-state index contributed by atoms with van der Waals surface area (Å²) in [7, 11) is -3.71. The fourth-order valence-electron chi connectivity index (χ4n) is 3.48. The average molecular weight is 469 g/mol. The summed E-state index contributed by atoms with van der Waals surface area (Å²) in [6.45, 7) is 8.29. The summed E-state index contributed by atoms with van der Waals surface area (Å²) in [6, 6.07) is 4.79. The second-order valence-electron chi connectivity index (χ2n) is 7.15. The molecule has 9 nitrogen and oxygen atoms in total. The number of ether oxygens (including phenoxy) is 1. The molecule has 2 heterocycles. The smallest absolute Gasteiger partial charge is 0.307 e. The van der Waals surface area contributed by atoms with Gasteiger partial charge in [0.15, 0.2) is 0 Å². The van der Waals surface area contributed by atoms with E-state index >= 15 is 0 Å². The Kier molecular flexibility index (Phi) is 7.52. The topological polar surface area (TPSA) is 101 Å². The normalized spacial score (nSPS) is 15.1. The molecule has 0 spiro atoms. The molecule has 0 saturated carbocycles. The van der Waals surface area contributed by atoms with E-state index in [1.165, 1.54) is 14.9 Å². The van der Waals surface area contributed by atoms with Gasteiger partial charge in [0.25, 0.3) is 0 Å². The Morgan fingerprint density at radius 2 is 1.90 bits per heavy atom. The zero-order valence-corrected chi connectivity index (χ0v) is 19.6. The van der Waals surface area contributed by atoms with Crippen LogP contribution in [0.15, 0.2) is 33.3 Å². The van der Waals surface area contributed by atoms with Crippen molar-refractivity contribution in [3.8, 4) is 0 Å². The molecule has 1 aromatic carbocycles. The van der Waals surface area contributed by atoms with Gasteiger partial charge in [0.1, 0.15) is 6.54 Å². The van der Waals surface area contributed by atoms with Crippen molar-refractivity contribution < 1.29 is 17.9 Å². The molecule has 1 aliphatic rings. The molecule has 0 atom stereocenters. The third kappa shape index (κ3) is 5.17. The lowest BCUT2D eigenvalue weighted by Gasteiger charge is -2.28. The second kappa shape index (κ2) is 9.94. The van der Waals surface area contributed by atoms with Gasteiger partial charge in [0, 0.05) is 37.3 Å². The number of anilines is 2. The van der Waals surface area contributed by atoms with E-state index in [2.05, 4.69) is 5.32 Å². The van der Waals surface area contributed by atoms with Crippen molar-refractivity contribution in [1.29, 1.82) is 0 Å². The molecular weight excluding hydrogens is 440 g/mol. The minimum absolute atomic E-state index is 0.115. The Morgan fingerprint density at radius 1 is 1.23 bits per heavy atom. The third-order valence-corrected chi connectivity index (χ3v) is 8.01. The van der Waals surface area contributed by atoms with E-state index in [1.54, 1.807) is 24.4 Å². The Labute approximate surface area is 186 Å². The number of benzene rings is 1. The van der Waals surface area contributed by atoms with Gasteiger partial charge >= 0.3 is 4.87 Å². The first-order valence-corrected chi connectivity index (χ1v) is 12.5. The van der Waals surface area contributed by atoms with Crippen LogP contribution in [0.4, 0.5) is 11.4 Å². The highest BCUT2D eigenvalue weighted by atomic mass is 32.2.